The lowest BCUT2D eigenvalue weighted by Crippen LogP contribution is -2.36. The van der Waals surface area contributed by atoms with Gasteiger partial charge in [-0.15, -0.1) is 0 Å². The highest BCUT2D eigenvalue weighted by Crippen LogP contribution is 2.20. The highest BCUT2D eigenvalue weighted by atomic mass is 19.3. The number of alkyl halides is 2. The number of ether oxygens (including phenoxy) is 3. The number of anilines is 2. The molecule has 0 saturated carbocycles. The van der Waals surface area contributed by atoms with E-state index >= 15 is 0 Å². The van der Waals surface area contributed by atoms with E-state index in [4.69, 9.17) is 9.47 Å². The highest BCUT2D eigenvalue weighted by Gasteiger charge is 2.20. The van der Waals surface area contributed by atoms with E-state index in [9.17, 15) is 18.4 Å². The summed E-state index contributed by atoms with van der Waals surface area (Å²) in [6.45, 7) is 1.40. The molecule has 0 aromatic heterocycles. The molecule has 160 valence electrons. The van der Waals surface area contributed by atoms with Crippen LogP contribution in [-0.2, 0) is 14.3 Å². The smallest absolute Gasteiger partial charge is 0.387 e. The first-order chi connectivity index (χ1) is 14.4. The number of hydrogen-bond acceptors (Lipinski definition) is 6. The standard InChI is InChI=1S/C21H22F2N2O5/c1-14(29-20(27)15-3-2-4-18(13-15)30-21(22)23)19(26)24-16-5-7-17(8-6-16)25-9-11-28-12-10-25/h2-8,13-14,21H,9-12H2,1H3,(H,24,26)/t14-/m1/s1. The molecule has 0 radical (unpaired) electrons. The molecular weight excluding hydrogens is 398 g/mol. The molecule has 3 rings (SSSR count). The average Bonchev–Trinajstić information content (AvgIpc) is 2.74. The molecule has 1 heterocycles. The normalized spacial score (nSPS) is 14.9. The molecular formula is C21H22F2N2O5. The van der Waals surface area contributed by atoms with E-state index in [0.717, 1.165) is 24.8 Å². The molecule has 9 heteroatoms. The lowest BCUT2D eigenvalue weighted by atomic mass is 10.2. The quantitative estimate of drug-likeness (QED) is 0.693. The van der Waals surface area contributed by atoms with Crippen molar-refractivity contribution in [1.82, 2.24) is 0 Å². The van der Waals surface area contributed by atoms with Gasteiger partial charge in [0.2, 0.25) is 0 Å². The monoisotopic (exact) mass is 420 g/mol. The van der Waals surface area contributed by atoms with Gasteiger partial charge in [-0.1, -0.05) is 6.07 Å². The van der Waals surface area contributed by atoms with Crippen LogP contribution in [0.25, 0.3) is 0 Å². The summed E-state index contributed by atoms with van der Waals surface area (Å²) in [5, 5.41) is 2.68. The molecule has 1 saturated heterocycles. The van der Waals surface area contributed by atoms with Crippen molar-refractivity contribution in [3.05, 3.63) is 54.1 Å². The molecule has 1 N–H and O–H groups in total. The lowest BCUT2D eigenvalue weighted by Gasteiger charge is -2.28. The second kappa shape index (κ2) is 10.0. The van der Waals surface area contributed by atoms with Gasteiger partial charge in [0.05, 0.1) is 18.8 Å². The first-order valence-corrected chi connectivity index (χ1v) is 9.42. The second-order valence-electron chi connectivity index (χ2n) is 6.59. The van der Waals surface area contributed by atoms with Gasteiger partial charge >= 0.3 is 12.6 Å². The molecule has 1 fully saturated rings. The molecule has 0 unspecified atom stereocenters. The topological polar surface area (TPSA) is 77.1 Å². The third kappa shape index (κ3) is 5.90. The van der Waals surface area contributed by atoms with Crippen LogP contribution in [0.1, 0.15) is 17.3 Å². The van der Waals surface area contributed by atoms with Crippen molar-refractivity contribution in [3.8, 4) is 5.75 Å². The number of carbonyl (C=O) groups excluding carboxylic acids is 2. The molecule has 0 bridgehead atoms. The van der Waals surface area contributed by atoms with Crippen molar-refractivity contribution in [2.45, 2.75) is 19.6 Å². The molecule has 7 nitrogen and oxygen atoms in total. The molecule has 1 aliphatic rings. The number of hydrogen-bond donors (Lipinski definition) is 1. The van der Waals surface area contributed by atoms with Crippen LogP contribution in [0.5, 0.6) is 5.75 Å². The summed E-state index contributed by atoms with van der Waals surface area (Å²) >= 11 is 0. The fraction of sp³-hybridized carbons (Fsp3) is 0.333. The fourth-order valence-electron chi connectivity index (χ4n) is 2.90. The Morgan fingerprint density at radius 2 is 1.80 bits per heavy atom. The van der Waals surface area contributed by atoms with Crippen LogP contribution in [0.4, 0.5) is 20.2 Å². The highest BCUT2D eigenvalue weighted by molar-refractivity contribution is 5.97. The van der Waals surface area contributed by atoms with Crippen LogP contribution >= 0.6 is 0 Å². The van der Waals surface area contributed by atoms with E-state index in [1.807, 2.05) is 12.1 Å². The Balaban J connectivity index is 1.54. The van der Waals surface area contributed by atoms with Crippen molar-refractivity contribution < 1.29 is 32.6 Å². The number of carbonyl (C=O) groups is 2. The van der Waals surface area contributed by atoms with E-state index in [-0.39, 0.29) is 11.3 Å². The average molecular weight is 420 g/mol. The number of nitrogens with one attached hydrogen (secondary N) is 1. The van der Waals surface area contributed by atoms with Crippen LogP contribution < -0.4 is 15.0 Å². The van der Waals surface area contributed by atoms with Crippen LogP contribution in [-0.4, -0.2) is 50.9 Å². The Hall–Kier alpha value is -3.20. The van der Waals surface area contributed by atoms with Crippen LogP contribution in [0.2, 0.25) is 0 Å². The summed E-state index contributed by atoms with van der Waals surface area (Å²) in [4.78, 5) is 26.7. The molecule has 1 atom stereocenters. The third-order valence-corrected chi connectivity index (χ3v) is 4.46. The lowest BCUT2D eigenvalue weighted by molar-refractivity contribution is -0.123. The van der Waals surface area contributed by atoms with Gasteiger partial charge in [0, 0.05) is 24.5 Å². The Morgan fingerprint density at radius 3 is 2.47 bits per heavy atom. The predicted molar refractivity (Wildman–Crippen MR) is 106 cm³/mol. The van der Waals surface area contributed by atoms with Crippen LogP contribution in [0, 0.1) is 0 Å². The van der Waals surface area contributed by atoms with Crippen molar-refractivity contribution >= 4 is 23.3 Å². The number of rotatable bonds is 7. The minimum atomic E-state index is -3.00. The van der Waals surface area contributed by atoms with Gasteiger partial charge in [-0.05, 0) is 49.4 Å². The molecule has 2 aromatic carbocycles. The van der Waals surface area contributed by atoms with Gasteiger partial charge in [0.1, 0.15) is 5.75 Å². The first-order valence-electron chi connectivity index (χ1n) is 9.42. The third-order valence-electron chi connectivity index (χ3n) is 4.46. The summed E-state index contributed by atoms with van der Waals surface area (Å²) in [5.74, 6) is -1.50. The summed E-state index contributed by atoms with van der Waals surface area (Å²) in [7, 11) is 0. The van der Waals surface area contributed by atoms with Crippen molar-refractivity contribution in [2.75, 3.05) is 36.5 Å². The van der Waals surface area contributed by atoms with Gasteiger partial charge in [-0.2, -0.15) is 8.78 Å². The second-order valence-corrected chi connectivity index (χ2v) is 6.59. The number of esters is 1. The van der Waals surface area contributed by atoms with E-state index < -0.39 is 24.6 Å². The summed E-state index contributed by atoms with van der Waals surface area (Å²) < 4.78 is 39.3. The van der Waals surface area contributed by atoms with Gasteiger partial charge in [-0.25, -0.2) is 4.79 Å². The zero-order valence-electron chi connectivity index (χ0n) is 16.3. The Bertz CT molecular complexity index is 870. The minimum Gasteiger partial charge on any atom is -0.449 e. The SMILES string of the molecule is C[C@@H](OC(=O)c1cccc(OC(F)F)c1)C(=O)Nc1ccc(N2CCOCC2)cc1. The van der Waals surface area contributed by atoms with E-state index in [0.29, 0.717) is 18.9 Å². The number of benzene rings is 2. The largest absolute Gasteiger partial charge is 0.449 e. The van der Waals surface area contributed by atoms with Crippen molar-refractivity contribution in [3.63, 3.8) is 0 Å². The predicted octanol–water partition coefficient (Wildman–Crippen LogP) is 3.31. The Morgan fingerprint density at radius 1 is 1.10 bits per heavy atom. The molecule has 1 amide bonds. The maximum absolute atomic E-state index is 12.3. The van der Waals surface area contributed by atoms with Crippen molar-refractivity contribution in [1.29, 1.82) is 0 Å². The fourth-order valence-corrected chi connectivity index (χ4v) is 2.90. The number of morpholine rings is 1. The van der Waals surface area contributed by atoms with E-state index in [1.165, 1.54) is 25.1 Å². The number of halogens is 2. The maximum atomic E-state index is 12.3. The van der Waals surface area contributed by atoms with Crippen LogP contribution in [0.15, 0.2) is 48.5 Å². The zero-order chi connectivity index (χ0) is 21.5. The minimum absolute atomic E-state index is 0.00247. The summed E-state index contributed by atoms with van der Waals surface area (Å²) in [5.41, 5.74) is 1.59. The van der Waals surface area contributed by atoms with Crippen LogP contribution in [0.3, 0.4) is 0 Å². The van der Waals surface area contributed by atoms with Gasteiger partial charge < -0.3 is 24.4 Å². The molecule has 30 heavy (non-hydrogen) atoms. The Labute approximate surface area is 172 Å². The number of amides is 1. The molecule has 0 spiro atoms. The Kier molecular flexibility index (Phi) is 7.18. The van der Waals surface area contributed by atoms with Gasteiger partial charge in [0.15, 0.2) is 6.10 Å². The number of nitrogens with zero attached hydrogens (tertiary/aromatic N) is 1. The van der Waals surface area contributed by atoms with Gasteiger partial charge in [-0.3, -0.25) is 4.79 Å². The first kappa shape index (κ1) is 21.5. The van der Waals surface area contributed by atoms with Crippen molar-refractivity contribution in [2.24, 2.45) is 0 Å². The molecule has 0 aliphatic carbocycles. The van der Waals surface area contributed by atoms with E-state index in [2.05, 4.69) is 15.0 Å². The molecule has 2 aromatic rings. The maximum Gasteiger partial charge on any atom is 0.387 e. The zero-order valence-corrected chi connectivity index (χ0v) is 16.3. The van der Waals surface area contributed by atoms with Gasteiger partial charge in [0.25, 0.3) is 5.91 Å². The molecule has 1 aliphatic heterocycles. The summed E-state index contributed by atoms with van der Waals surface area (Å²) in [6, 6.07) is 12.5. The van der Waals surface area contributed by atoms with E-state index in [1.54, 1.807) is 12.1 Å². The summed E-state index contributed by atoms with van der Waals surface area (Å²) in [6.07, 6.45) is -1.09.